The van der Waals surface area contributed by atoms with Crippen LogP contribution in [0.4, 0.5) is 10.6 Å². The fraction of sp³-hybridized carbons (Fsp3) is 0.394. The van der Waals surface area contributed by atoms with E-state index >= 15 is 0 Å². The van der Waals surface area contributed by atoms with Gasteiger partial charge in [-0.05, 0) is 60.9 Å². The molecule has 2 N–H and O–H groups in total. The molecule has 8 nitrogen and oxygen atoms in total. The second kappa shape index (κ2) is 15.0. The van der Waals surface area contributed by atoms with Gasteiger partial charge in [-0.25, -0.2) is 9.78 Å². The van der Waals surface area contributed by atoms with Gasteiger partial charge >= 0.3 is 6.03 Å². The van der Waals surface area contributed by atoms with E-state index in [2.05, 4.69) is 72.8 Å². The smallest absolute Gasteiger partial charge is 0.320 e. The Morgan fingerprint density at radius 3 is 2.27 bits per heavy atom. The van der Waals surface area contributed by atoms with Crippen molar-refractivity contribution in [2.75, 3.05) is 25.5 Å². The molecule has 0 aliphatic rings. The maximum atomic E-state index is 11.8. The van der Waals surface area contributed by atoms with Crippen LogP contribution in [0.5, 0.6) is 0 Å². The minimum Gasteiger partial charge on any atom is -0.338 e. The highest BCUT2D eigenvalue weighted by Crippen LogP contribution is 2.23. The van der Waals surface area contributed by atoms with Crippen molar-refractivity contribution in [2.24, 2.45) is 5.10 Å². The minimum atomic E-state index is -0.271. The van der Waals surface area contributed by atoms with Crippen molar-refractivity contribution in [1.82, 2.24) is 20.2 Å². The van der Waals surface area contributed by atoms with Gasteiger partial charge in [0, 0.05) is 32.1 Å². The molecular weight excluding hydrogens is 512 g/mol. The third-order valence-electron chi connectivity index (χ3n) is 6.76. The van der Waals surface area contributed by atoms with E-state index in [-0.39, 0.29) is 11.4 Å². The molecule has 1 heterocycles. The third-order valence-corrected chi connectivity index (χ3v) is 6.76. The van der Waals surface area contributed by atoms with Crippen LogP contribution in [0.1, 0.15) is 64.2 Å². The summed E-state index contributed by atoms with van der Waals surface area (Å²) in [4.78, 5) is 29.8. The number of amidine groups is 1. The zero-order valence-corrected chi connectivity index (χ0v) is 25.3. The van der Waals surface area contributed by atoms with Gasteiger partial charge in [-0.2, -0.15) is 5.10 Å². The number of pyridine rings is 1. The first-order valence-corrected chi connectivity index (χ1v) is 14.3. The lowest BCUT2D eigenvalue weighted by Crippen LogP contribution is -2.31. The van der Waals surface area contributed by atoms with E-state index in [4.69, 9.17) is 5.10 Å². The van der Waals surface area contributed by atoms with Crippen molar-refractivity contribution in [2.45, 2.75) is 65.8 Å². The van der Waals surface area contributed by atoms with Gasteiger partial charge in [-0.1, -0.05) is 75.4 Å². The Morgan fingerprint density at radius 1 is 0.976 bits per heavy atom. The summed E-state index contributed by atoms with van der Waals surface area (Å²) in [5, 5.41) is 12.2. The lowest BCUT2D eigenvalue weighted by molar-refractivity contribution is -0.114. The van der Waals surface area contributed by atoms with Crippen molar-refractivity contribution >= 4 is 24.1 Å². The number of hydrazone groups is 1. The number of carbonyl (C=O) groups is 2. The van der Waals surface area contributed by atoms with Crippen molar-refractivity contribution < 1.29 is 9.59 Å². The Hall–Kier alpha value is -4.20. The Labute approximate surface area is 244 Å². The molecule has 3 rings (SSSR count). The van der Waals surface area contributed by atoms with Gasteiger partial charge in [-0.15, -0.1) is 0 Å². The largest absolute Gasteiger partial charge is 0.338 e. The molecule has 0 unspecified atom stereocenters. The number of aromatic nitrogens is 1. The SMILES string of the molecule is CCNC(=O)Nc1cccc(-c2ccc(CCC/C(=N/N(C)Cc3ccc(C(C)(C)C)cc3)N(C=O)CC)cc2)n1. The number of aryl methyl sites for hydroxylation is 1. The highest BCUT2D eigenvalue weighted by Gasteiger charge is 2.14. The molecule has 0 fully saturated rings. The zero-order valence-electron chi connectivity index (χ0n) is 25.3. The highest BCUT2D eigenvalue weighted by molar-refractivity contribution is 5.90. The lowest BCUT2D eigenvalue weighted by Gasteiger charge is -2.22. The van der Waals surface area contributed by atoms with Gasteiger partial charge in [0.15, 0.2) is 0 Å². The maximum absolute atomic E-state index is 11.8. The molecule has 218 valence electrons. The number of carbonyl (C=O) groups excluding carboxylic acids is 2. The number of amides is 3. The average molecular weight is 557 g/mol. The molecule has 2 aromatic carbocycles. The Kier molecular flexibility index (Phi) is 11.4. The molecule has 0 aliphatic heterocycles. The number of rotatable bonds is 12. The predicted octanol–water partition coefficient (Wildman–Crippen LogP) is 6.43. The molecule has 0 atom stereocenters. The molecule has 0 bridgehead atoms. The van der Waals surface area contributed by atoms with Gasteiger partial charge in [0.2, 0.25) is 6.41 Å². The van der Waals surface area contributed by atoms with E-state index in [1.807, 2.05) is 50.2 Å². The second-order valence-corrected chi connectivity index (χ2v) is 11.1. The average Bonchev–Trinajstić information content (AvgIpc) is 2.94. The van der Waals surface area contributed by atoms with Crippen molar-refractivity contribution in [1.29, 1.82) is 0 Å². The monoisotopic (exact) mass is 556 g/mol. The lowest BCUT2D eigenvalue weighted by atomic mass is 9.87. The number of nitrogens with one attached hydrogen (secondary N) is 2. The number of anilines is 1. The third kappa shape index (κ3) is 9.74. The first-order valence-electron chi connectivity index (χ1n) is 14.3. The number of nitrogens with zero attached hydrogens (tertiary/aromatic N) is 4. The summed E-state index contributed by atoms with van der Waals surface area (Å²) in [6.45, 7) is 12.3. The zero-order chi connectivity index (χ0) is 29.8. The summed E-state index contributed by atoms with van der Waals surface area (Å²) < 4.78 is 0. The molecule has 0 spiro atoms. The summed E-state index contributed by atoms with van der Waals surface area (Å²) in [6.07, 6.45) is 3.28. The second-order valence-electron chi connectivity index (χ2n) is 11.1. The van der Waals surface area contributed by atoms with Gasteiger partial charge in [-0.3, -0.25) is 15.1 Å². The van der Waals surface area contributed by atoms with Crippen molar-refractivity contribution in [3.05, 3.63) is 83.4 Å². The first-order chi connectivity index (χ1) is 19.6. The van der Waals surface area contributed by atoms with Crippen molar-refractivity contribution in [3.63, 3.8) is 0 Å². The van der Waals surface area contributed by atoms with Crippen molar-refractivity contribution in [3.8, 4) is 11.3 Å². The molecule has 0 saturated carbocycles. The standard InChI is InChI=1S/C33H44N6O2/c1-7-34-32(41)36-30-13-10-12-29(35-30)27-19-15-25(16-20-27)11-9-14-31(39(8-2)24-40)37-38(6)23-26-17-21-28(22-18-26)33(3,4)5/h10,12-13,15-22,24H,7-9,11,14,23H2,1-6H3,(H2,34,35,36,41)/b37-31-. The minimum absolute atomic E-state index is 0.120. The molecule has 8 heteroatoms. The van der Waals surface area contributed by atoms with Gasteiger partial charge in [0.05, 0.1) is 12.2 Å². The molecule has 41 heavy (non-hydrogen) atoms. The Morgan fingerprint density at radius 2 is 1.66 bits per heavy atom. The van der Waals surface area contributed by atoms with Gasteiger partial charge in [0.25, 0.3) is 0 Å². The summed E-state index contributed by atoms with van der Waals surface area (Å²) in [7, 11) is 1.95. The quantitative estimate of drug-likeness (QED) is 0.116. The maximum Gasteiger partial charge on any atom is 0.320 e. The van der Waals surface area contributed by atoms with Crippen LogP contribution in [0, 0.1) is 0 Å². The molecule has 3 amide bonds. The molecule has 0 radical (unpaired) electrons. The van der Waals surface area contributed by atoms with E-state index in [9.17, 15) is 9.59 Å². The van der Waals surface area contributed by atoms with E-state index in [1.54, 1.807) is 11.0 Å². The topological polar surface area (TPSA) is 89.9 Å². The van der Waals surface area contributed by atoms with E-state index in [0.29, 0.717) is 31.9 Å². The summed E-state index contributed by atoms with van der Waals surface area (Å²) in [6, 6.07) is 22.3. The van der Waals surface area contributed by atoms with Crippen LogP contribution in [-0.2, 0) is 23.2 Å². The molecule has 1 aromatic heterocycles. The molecule has 3 aromatic rings. The fourth-order valence-electron chi connectivity index (χ4n) is 4.45. The highest BCUT2D eigenvalue weighted by atomic mass is 16.2. The van der Waals surface area contributed by atoms with E-state index in [0.717, 1.165) is 36.3 Å². The van der Waals surface area contributed by atoms with Crippen LogP contribution in [0.3, 0.4) is 0 Å². The summed E-state index contributed by atoms with van der Waals surface area (Å²) in [5.74, 6) is 1.28. The fourth-order valence-corrected chi connectivity index (χ4v) is 4.45. The predicted molar refractivity (Wildman–Crippen MR) is 168 cm³/mol. The number of urea groups is 1. The van der Waals surface area contributed by atoms with Crippen LogP contribution in [0.15, 0.2) is 71.8 Å². The van der Waals surface area contributed by atoms with Crippen LogP contribution >= 0.6 is 0 Å². The van der Waals surface area contributed by atoms with Crippen LogP contribution < -0.4 is 10.6 Å². The number of benzene rings is 2. The Balaban J connectivity index is 1.61. The number of hydrogen-bond donors (Lipinski definition) is 2. The van der Waals surface area contributed by atoms with Gasteiger partial charge in [0.1, 0.15) is 11.7 Å². The Bertz CT molecular complexity index is 1300. The molecule has 0 aliphatic carbocycles. The first kappa shape index (κ1) is 31.3. The van der Waals surface area contributed by atoms with Gasteiger partial charge < -0.3 is 10.2 Å². The molecular formula is C33H44N6O2. The van der Waals surface area contributed by atoms with Crippen LogP contribution in [0.2, 0.25) is 0 Å². The number of hydrogen-bond acceptors (Lipinski definition) is 5. The van der Waals surface area contributed by atoms with Crippen LogP contribution in [0.25, 0.3) is 11.3 Å². The van der Waals surface area contributed by atoms with E-state index < -0.39 is 0 Å². The van der Waals surface area contributed by atoms with Crippen LogP contribution in [-0.4, -0.2) is 53.3 Å². The summed E-state index contributed by atoms with van der Waals surface area (Å²) in [5.41, 5.74) is 5.57. The summed E-state index contributed by atoms with van der Waals surface area (Å²) >= 11 is 0. The normalized spacial score (nSPS) is 11.6. The molecule has 0 saturated heterocycles. The van der Waals surface area contributed by atoms with E-state index in [1.165, 1.54) is 16.7 Å².